The lowest BCUT2D eigenvalue weighted by atomic mass is 10.1. The molecule has 0 bridgehead atoms. The fourth-order valence-electron chi connectivity index (χ4n) is 2.82. The monoisotopic (exact) mass is 443 g/mol. The lowest BCUT2D eigenvalue weighted by Gasteiger charge is -2.16. The number of benzene rings is 1. The topological polar surface area (TPSA) is 66.5 Å². The molecule has 0 saturated heterocycles. The number of halogens is 7. The van der Waals surface area contributed by atoms with Crippen molar-refractivity contribution in [2.45, 2.75) is 25.8 Å². The van der Waals surface area contributed by atoms with E-state index in [9.17, 15) is 30.7 Å². The highest BCUT2D eigenvalue weighted by Crippen LogP contribution is 2.38. The lowest BCUT2D eigenvalue weighted by molar-refractivity contribution is -0.145. The van der Waals surface area contributed by atoms with Crippen LogP contribution in [0.25, 0.3) is 5.69 Å². The van der Waals surface area contributed by atoms with E-state index in [0.717, 1.165) is 0 Å². The maximum atomic E-state index is 13.2. The fourth-order valence-corrected chi connectivity index (χ4v) is 2.82. The molecule has 0 amide bonds. The van der Waals surface area contributed by atoms with Crippen LogP contribution in [0.2, 0.25) is 0 Å². The van der Waals surface area contributed by atoms with Gasteiger partial charge in [-0.1, -0.05) is 0 Å². The molecule has 0 spiro atoms. The summed E-state index contributed by atoms with van der Waals surface area (Å²) in [6.07, 6.45) is -8.81. The van der Waals surface area contributed by atoms with Crippen LogP contribution in [0, 0.1) is 24.1 Å². The quantitative estimate of drug-likeness (QED) is 0.561. The molecule has 0 atom stereocenters. The Kier molecular flexibility index (Phi) is 5.62. The maximum Gasteiger partial charge on any atom is 0.433 e. The molecule has 2 heterocycles. The molecule has 0 aliphatic carbocycles. The number of pyridine rings is 1. The Morgan fingerprint density at radius 1 is 1.03 bits per heavy atom. The standard InChI is InChI=1S/C19H12F7N5/c1-10-9-31(12-4-2-11(20)3-5-12)16(29-10)8-28-17-13(7-27)14(18(21,22)23)6-15(30-17)19(24,25)26/h2-6,9H,8H2,1H3,(H,28,30). The number of nitriles is 1. The number of imidazole rings is 1. The summed E-state index contributed by atoms with van der Waals surface area (Å²) in [6, 6.07) is 6.26. The van der Waals surface area contributed by atoms with Crippen molar-refractivity contribution in [2.75, 3.05) is 5.32 Å². The largest absolute Gasteiger partial charge is 0.433 e. The molecule has 0 fully saturated rings. The van der Waals surface area contributed by atoms with Gasteiger partial charge in [-0.05, 0) is 37.3 Å². The van der Waals surface area contributed by atoms with Crippen LogP contribution in [0.1, 0.15) is 28.3 Å². The van der Waals surface area contributed by atoms with Crippen molar-refractivity contribution in [1.82, 2.24) is 14.5 Å². The van der Waals surface area contributed by atoms with E-state index in [1.807, 2.05) is 0 Å². The summed E-state index contributed by atoms with van der Waals surface area (Å²) in [7, 11) is 0. The van der Waals surface area contributed by atoms with Gasteiger partial charge < -0.3 is 9.88 Å². The average molecular weight is 443 g/mol. The van der Waals surface area contributed by atoms with Gasteiger partial charge in [-0.25, -0.2) is 14.4 Å². The van der Waals surface area contributed by atoms with Crippen molar-refractivity contribution in [3.05, 3.63) is 70.7 Å². The minimum absolute atomic E-state index is 0.195. The molecule has 3 aromatic rings. The van der Waals surface area contributed by atoms with Gasteiger partial charge in [0.25, 0.3) is 0 Å². The van der Waals surface area contributed by atoms with E-state index in [4.69, 9.17) is 5.26 Å². The predicted molar refractivity (Wildman–Crippen MR) is 94.5 cm³/mol. The van der Waals surface area contributed by atoms with Gasteiger partial charge >= 0.3 is 12.4 Å². The van der Waals surface area contributed by atoms with Gasteiger partial charge in [-0.15, -0.1) is 0 Å². The van der Waals surface area contributed by atoms with Crippen molar-refractivity contribution in [3.63, 3.8) is 0 Å². The molecule has 2 aromatic heterocycles. The fraction of sp³-hybridized carbons (Fsp3) is 0.211. The molecular formula is C19H12F7N5. The highest BCUT2D eigenvalue weighted by Gasteiger charge is 2.41. The van der Waals surface area contributed by atoms with Gasteiger partial charge in [0.05, 0.1) is 17.8 Å². The highest BCUT2D eigenvalue weighted by atomic mass is 19.4. The number of nitrogens with zero attached hydrogens (tertiary/aromatic N) is 4. The Hall–Kier alpha value is -3.62. The van der Waals surface area contributed by atoms with Crippen LogP contribution in [-0.2, 0) is 18.9 Å². The van der Waals surface area contributed by atoms with Crippen molar-refractivity contribution in [3.8, 4) is 11.8 Å². The van der Waals surface area contributed by atoms with Gasteiger partial charge in [-0.3, -0.25) is 0 Å². The first-order valence-corrected chi connectivity index (χ1v) is 8.54. The summed E-state index contributed by atoms with van der Waals surface area (Å²) in [6.45, 7) is 1.26. The van der Waals surface area contributed by atoms with Gasteiger partial charge in [0.1, 0.15) is 34.8 Å². The Bertz CT molecular complexity index is 1140. The maximum absolute atomic E-state index is 13.2. The number of aromatic nitrogens is 3. The third-order valence-corrected chi connectivity index (χ3v) is 4.15. The molecule has 0 aliphatic rings. The summed E-state index contributed by atoms with van der Waals surface area (Å²) in [5.74, 6) is -1.18. The van der Waals surface area contributed by atoms with Crippen LogP contribution in [0.3, 0.4) is 0 Å². The molecule has 0 saturated carbocycles. The van der Waals surface area contributed by atoms with Gasteiger partial charge in [-0.2, -0.15) is 31.6 Å². The molecule has 12 heteroatoms. The molecule has 1 N–H and O–H groups in total. The van der Waals surface area contributed by atoms with Crippen LogP contribution in [0.15, 0.2) is 36.5 Å². The number of hydrogen-bond acceptors (Lipinski definition) is 4. The van der Waals surface area contributed by atoms with Crippen molar-refractivity contribution in [1.29, 1.82) is 5.26 Å². The highest BCUT2D eigenvalue weighted by molar-refractivity contribution is 5.58. The molecule has 31 heavy (non-hydrogen) atoms. The second kappa shape index (κ2) is 7.90. The van der Waals surface area contributed by atoms with Crippen LogP contribution < -0.4 is 5.32 Å². The van der Waals surface area contributed by atoms with E-state index in [1.54, 1.807) is 13.1 Å². The smallest absolute Gasteiger partial charge is 0.362 e. The van der Waals surface area contributed by atoms with Gasteiger partial charge in [0.15, 0.2) is 0 Å². The van der Waals surface area contributed by atoms with Crippen molar-refractivity contribution in [2.24, 2.45) is 0 Å². The molecule has 162 valence electrons. The summed E-state index contributed by atoms with van der Waals surface area (Å²) >= 11 is 0. The molecule has 5 nitrogen and oxygen atoms in total. The zero-order valence-electron chi connectivity index (χ0n) is 15.6. The van der Waals surface area contributed by atoms with Gasteiger partial charge in [0.2, 0.25) is 0 Å². The normalized spacial score (nSPS) is 12.0. The zero-order valence-corrected chi connectivity index (χ0v) is 15.6. The van der Waals surface area contributed by atoms with E-state index in [-0.39, 0.29) is 18.4 Å². The number of aryl methyl sites for hydroxylation is 1. The van der Waals surface area contributed by atoms with Crippen LogP contribution in [0.5, 0.6) is 0 Å². The Labute approximate surface area is 170 Å². The Morgan fingerprint density at radius 2 is 1.68 bits per heavy atom. The van der Waals surface area contributed by atoms with Crippen LogP contribution >= 0.6 is 0 Å². The zero-order chi connectivity index (χ0) is 23.0. The van der Waals surface area contributed by atoms with Crippen LogP contribution in [-0.4, -0.2) is 14.5 Å². The molecule has 0 aliphatic heterocycles. The van der Waals surface area contributed by atoms with E-state index in [1.165, 1.54) is 34.9 Å². The molecule has 1 aromatic carbocycles. The van der Waals surface area contributed by atoms with Gasteiger partial charge in [0, 0.05) is 11.9 Å². The van der Waals surface area contributed by atoms with Crippen molar-refractivity contribution >= 4 is 5.82 Å². The summed E-state index contributed by atoms with van der Waals surface area (Å²) in [4.78, 5) is 7.35. The molecular weight excluding hydrogens is 431 g/mol. The van der Waals surface area contributed by atoms with E-state index >= 15 is 0 Å². The average Bonchev–Trinajstić information content (AvgIpc) is 3.05. The number of rotatable bonds is 4. The first kappa shape index (κ1) is 22.1. The number of hydrogen-bond donors (Lipinski definition) is 1. The summed E-state index contributed by atoms with van der Waals surface area (Å²) < 4.78 is 93.6. The lowest BCUT2D eigenvalue weighted by Crippen LogP contribution is -2.18. The second-order valence-electron chi connectivity index (χ2n) is 6.38. The SMILES string of the molecule is Cc1cn(-c2ccc(F)cc2)c(CNc2nc(C(F)(F)F)cc(C(F)(F)F)c2C#N)n1. The first-order valence-electron chi connectivity index (χ1n) is 8.54. The second-order valence-corrected chi connectivity index (χ2v) is 6.38. The van der Waals surface area contributed by atoms with E-state index in [2.05, 4.69) is 15.3 Å². The number of anilines is 1. The van der Waals surface area contributed by atoms with Crippen LogP contribution in [0.4, 0.5) is 36.6 Å². The Morgan fingerprint density at radius 3 is 2.23 bits per heavy atom. The van der Waals surface area contributed by atoms with Crippen molar-refractivity contribution < 1.29 is 30.7 Å². The minimum Gasteiger partial charge on any atom is -0.362 e. The third kappa shape index (κ3) is 4.76. The predicted octanol–water partition coefficient (Wildman–Crippen LogP) is 5.24. The van der Waals surface area contributed by atoms with E-state index in [0.29, 0.717) is 11.4 Å². The molecule has 3 rings (SSSR count). The number of nitrogens with one attached hydrogen (secondary N) is 1. The molecule has 0 unspecified atom stereocenters. The Balaban J connectivity index is 2.03. The molecule has 0 radical (unpaired) electrons. The summed E-state index contributed by atoms with van der Waals surface area (Å²) in [5, 5.41) is 11.5. The minimum atomic E-state index is -5.20. The number of alkyl halides is 6. The van der Waals surface area contributed by atoms with E-state index < -0.39 is 40.8 Å². The third-order valence-electron chi connectivity index (χ3n) is 4.15. The summed E-state index contributed by atoms with van der Waals surface area (Å²) in [5.41, 5.74) is -3.66. The first-order chi connectivity index (χ1) is 14.4.